The number of aromatic nitrogens is 5. The molecule has 1 aliphatic carbocycles. The van der Waals surface area contributed by atoms with Gasteiger partial charge in [0.15, 0.2) is 41.2 Å². The number of ether oxygens (including phenoxy) is 2. The molecule has 2 atom stereocenters. The van der Waals surface area contributed by atoms with Crippen LogP contribution in [0.25, 0.3) is 101 Å². The van der Waals surface area contributed by atoms with Gasteiger partial charge in [-0.15, -0.1) is 0 Å². The molecule has 2 aliphatic rings. The Bertz CT molecular complexity index is 3430. The molecule has 0 spiro atoms. The van der Waals surface area contributed by atoms with E-state index in [1.165, 1.54) is 0 Å². The highest BCUT2D eigenvalue weighted by atomic mass is 16.6. The van der Waals surface area contributed by atoms with E-state index in [9.17, 15) is 0 Å². The molecule has 68 heavy (non-hydrogen) atoms. The van der Waals surface area contributed by atoms with E-state index in [0.717, 1.165) is 83.5 Å². The monoisotopic (exact) mass is 875 g/mol. The number of hydrogen-bond acceptors (Lipinski definition) is 7. The van der Waals surface area contributed by atoms with Gasteiger partial charge in [-0.2, -0.15) is 0 Å². The van der Waals surface area contributed by atoms with Crippen molar-refractivity contribution in [3.05, 3.63) is 237 Å². The molecule has 12 rings (SSSR count). The third-order valence-electron chi connectivity index (χ3n) is 12.5. The molecular weight excluding hydrogens is 835 g/mol. The summed E-state index contributed by atoms with van der Waals surface area (Å²) in [5.74, 6) is 2.88. The van der Waals surface area contributed by atoms with E-state index in [4.69, 9.17) is 24.4 Å². The molecular formula is C61H41N5O2. The van der Waals surface area contributed by atoms with Gasteiger partial charge in [-0.3, -0.25) is 9.97 Å². The van der Waals surface area contributed by atoms with Crippen molar-refractivity contribution < 1.29 is 9.47 Å². The molecule has 322 valence electrons. The van der Waals surface area contributed by atoms with Crippen molar-refractivity contribution in [2.75, 3.05) is 0 Å². The zero-order valence-corrected chi connectivity index (χ0v) is 36.7. The topological polar surface area (TPSA) is 82.9 Å². The molecule has 0 saturated heterocycles. The van der Waals surface area contributed by atoms with E-state index < -0.39 is 0 Å². The number of allylic oxidation sites excluding steroid dienone is 2. The summed E-state index contributed by atoms with van der Waals surface area (Å²) in [4.78, 5) is 23.8. The van der Waals surface area contributed by atoms with Crippen LogP contribution in [0.4, 0.5) is 0 Å². The summed E-state index contributed by atoms with van der Waals surface area (Å²) in [5.41, 5.74) is 15.6. The van der Waals surface area contributed by atoms with Crippen molar-refractivity contribution in [3.63, 3.8) is 0 Å². The predicted molar refractivity (Wildman–Crippen MR) is 271 cm³/mol. The highest BCUT2D eigenvalue weighted by molar-refractivity contribution is 5.85. The maximum absolute atomic E-state index is 6.89. The highest BCUT2D eigenvalue weighted by Gasteiger charge is 2.34. The summed E-state index contributed by atoms with van der Waals surface area (Å²) in [6.07, 6.45) is 14.8. The third kappa shape index (κ3) is 8.03. The fourth-order valence-electron chi connectivity index (χ4n) is 8.98. The molecule has 7 aromatic carbocycles. The molecule has 4 heterocycles. The van der Waals surface area contributed by atoms with E-state index in [1.54, 1.807) is 0 Å². The molecule has 2 unspecified atom stereocenters. The first kappa shape index (κ1) is 40.4. The van der Waals surface area contributed by atoms with Crippen molar-refractivity contribution in [2.45, 2.75) is 12.2 Å². The number of nitrogens with zero attached hydrogens (tertiary/aromatic N) is 5. The number of fused-ring (bicyclic) bond motifs is 2. The quantitative estimate of drug-likeness (QED) is 0.143. The molecule has 0 amide bonds. The number of pyridine rings is 2. The zero-order chi connectivity index (χ0) is 45.2. The second kappa shape index (κ2) is 17.7. The minimum Gasteiger partial charge on any atom is -0.478 e. The lowest BCUT2D eigenvalue weighted by molar-refractivity contribution is 0.0769. The van der Waals surface area contributed by atoms with E-state index in [2.05, 4.69) is 107 Å². The smallest absolute Gasteiger partial charge is 0.174 e. The Labute approximate surface area is 394 Å². The minimum atomic E-state index is -0.315. The maximum atomic E-state index is 6.89. The molecule has 0 radical (unpaired) electrons. The SMILES string of the molecule is C1=CC2Oc3c(-c4ccc(-c5ccc(-c6cc(-c7ccncc7)cc(-c7ccncc7)c6)cc5)cc4)ccc(-c4nc(-c5ccccc5)nc(-c5cccc(-c6ccccc6)c5)n4)c3OC2C=C1. The Hall–Kier alpha value is -9.07. The molecule has 1 aliphatic heterocycles. The van der Waals surface area contributed by atoms with Crippen LogP contribution in [0.5, 0.6) is 11.5 Å². The minimum absolute atomic E-state index is 0.292. The van der Waals surface area contributed by atoms with Crippen LogP contribution >= 0.6 is 0 Å². The summed E-state index contributed by atoms with van der Waals surface area (Å²) in [6, 6.07) is 65.2. The molecule has 7 heteroatoms. The fraction of sp³-hybridized carbons (Fsp3) is 0.0328. The van der Waals surface area contributed by atoms with Crippen LogP contribution in [0.1, 0.15) is 0 Å². The van der Waals surface area contributed by atoms with Crippen molar-refractivity contribution in [1.82, 2.24) is 24.9 Å². The maximum Gasteiger partial charge on any atom is 0.174 e. The Kier molecular flexibility index (Phi) is 10.5. The van der Waals surface area contributed by atoms with Gasteiger partial charge in [0.1, 0.15) is 0 Å². The Morgan fingerprint density at radius 2 is 0.662 bits per heavy atom. The number of rotatable bonds is 9. The standard InChI is InChI=1S/C61H41N5O2/c1-3-10-40(11-4-1)48-14-9-15-49(36-48)60-64-59(47-12-5-2-6-13-47)65-61(66-60)54-27-26-53(57-58(54)68-56-17-8-7-16-55(56)67-57)46-24-22-42(23-25-46)41-18-20-43(21-19-41)50-37-51(44-28-32-62-33-29-44)39-52(38-50)45-30-34-63-35-31-45/h1-39,55-56H. The summed E-state index contributed by atoms with van der Waals surface area (Å²) in [5, 5.41) is 0. The van der Waals surface area contributed by atoms with Crippen molar-refractivity contribution in [1.29, 1.82) is 0 Å². The van der Waals surface area contributed by atoms with Gasteiger partial charge < -0.3 is 9.47 Å². The van der Waals surface area contributed by atoms with Gasteiger partial charge in [0.2, 0.25) is 0 Å². The summed E-state index contributed by atoms with van der Waals surface area (Å²) in [7, 11) is 0. The zero-order valence-electron chi connectivity index (χ0n) is 36.7. The lowest BCUT2D eigenvalue weighted by atomic mass is 9.93. The van der Waals surface area contributed by atoms with Crippen LogP contribution < -0.4 is 9.47 Å². The first-order valence-electron chi connectivity index (χ1n) is 22.7. The normalized spacial score (nSPS) is 14.6. The van der Waals surface area contributed by atoms with Crippen LogP contribution in [0.2, 0.25) is 0 Å². The molecule has 0 saturated carbocycles. The summed E-state index contributed by atoms with van der Waals surface area (Å²) >= 11 is 0. The summed E-state index contributed by atoms with van der Waals surface area (Å²) in [6.45, 7) is 0. The van der Waals surface area contributed by atoms with Gasteiger partial charge in [0.05, 0.1) is 5.56 Å². The summed E-state index contributed by atoms with van der Waals surface area (Å²) < 4.78 is 13.8. The lowest BCUT2D eigenvalue weighted by Crippen LogP contribution is -2.38. The Morgan fingerprint density at radius 1 is 0.279 bits per heavy atom. The van der Waals surface area contributed by atoms with Gasteiger partial charge in [0.25, 0.3) is 0 Å². The van der Waals surface area contributed by atoms with Crippen LogP contribution in [0.15, 0.2) is 237 Å². The predicted octanol–water partition coefficient (Wildman–Crippen LogP) is 14.3. The van der Waals surface area contributed by atoms with E-state index in [0.29, 0.717) is 29.0 Å². The largest absolute Gasteiger partial charge is 0.478 e. The molecule has 0 fully saturated rings. The van der Waals surface area contributed by atoms with Gasteiger partial charge in [0, 0.05) is 41.5 Å². The first-order valence-corrected chi connectivity index (χ1v) is 22.7. The second-order valence-electron chi connectivity index (χ2n) is 16.8. The third-order valence-corrected chi connectivity index (χ3v) is 12.5. The van der Waals surface area contributed by atoms with Crippen molar-refractivity contribution in [3.8, 4) is 112 Å². The van der Waals surface area contributed by atoms with E-state index in [-0.39, 0.29) is 12.2 Å². The van der Waals surface area contributed by atoms with Crippen molar-refractivity contribution in [2.24, 2.45) is 0 Å². The van der Waals surface area contributed by atoms with Gasteiger partial charge in [-0.1, -0.05) is 140 Å². The average Bonchev–Trinajstić information content (AvgIpc) is 3.43. The van der Waals surface area contributed by atoms with Gasteiger partial charge >= 0.3 is 0 Å². The van der Waals surface area contributed by atoms with Crippen LogP contribution in [-0.2, 0) is 0 Å². The fourth-order valence-corrected chi connectivity index (χ4v) is 8.98. The second-order valence-corrected chi connectivity index (χ2v) is 16.8. The molecule has 10 aromatic rings. The van der Waals surface area contributed by atoms with Crippen molar-refractivity contribution >= 4 is 0 Å². The highest BCUT2D eigenvalue weighted by Crippen LogP contribution is 2.49. The van der Waals surface area contributed by atoms with Gasteiger partial charge in [-0.05, 0) is 134 Å². The molecule has 3 aromatic heterocycles. The average molecular weight is 876 g/mol. The van der Waals surface area contributed by atoms with Gasteiger partial charge in [-0.25, -0.2) is 15.0 Å². The Balaban J connectivity index is 0.900. The number of benzene rings is 7. The Morgan fingerprint density at radius 3 is 1.22 bits per heavy atom. The van der Waals surface area contributed by atoms with E-state index in [1.807, 2.05) is 140 Å². The van der Waals surface area contributed by atoms with Crippen LogP contribution in [0.3, 0.4) is 0 Å². The van der Waals surface area contributed by atoms with Crippen LogP contribution in [-0.4, -0.2) is 37.1 Å². The van der Waals surface area contributed by atoms with E-state index >= 15 is 0 Å². The molecule has 7 nitrogen and oxygen atoms in total. The first-order chi connectivity index (χ1) is 33.7. The van der Waals surface area contributed by atoms with Crippen LogP contribution in [0, 0.1) is 0 Å². The molecule has 0 bridgehead atoms. The number of hydrogen-bond donors (Lipinski definition) is 0. The molecule has 0 N–H and O–H groups in total. The lowest BCUT2D eigenvalue weighted by Gasteiger charge is -2.34.